The molecular formula is C11H14BrNO2. The van der Waals surface area contributed by atoms with E-state index in [0.29, 0.717) is 4.83 Å². The molecule has 1 fully saturated rings. The van der Waals surface area contributed by atoms with E-state index in [9.17, 15) is 4.79 Å². The summed E-state index contributed by atoms with van der Waals surface area (Å²) in [5.74, 6) is 0.889. The maximum Gasteiger partial charge on any atom is 0.257 e. The van der Waals surface area contributed by atoms with Crippen molar-refractivity contribution in [1.82, 2.24) is 4.90 Å². The number of rotatable bonds is 2. The summed E-state index contributed by atoms with van der Waals surface area (Å²) in [6.07, 6.45) is 3.39. The molecule has 1 amide bonds. The lowest BCUT2D eigenvalue weighted by Crippen LogP contribution is -2.29. The molecule has 2 rings (SSSR count). The van der Waals surface area contributed by atoms with Crippen LogP contribution in [0.4, 0.5) is 0 Å². The minimum absolute atomic E-state index is 0.0996. The highest BCUT2D eigenvalue weighted by Crippen LogP contribution is 2.21. The molecule has 0 saturated carbocycles. The topological polar surface area (TPSA) is 33.5 Å². The SMILES string of the molecule is CCc1occc1C(=O)N1CCC(Br)C1. The van der Waals surface area contributed by atoms with Gasteiger partial charge in [-0.3, -0.25) is 4.79 Å². The molecule has 82 valence electrons. The van der Waals surface area contributed by atoms with Gasteiger partial charge in [0.25, 0.3) is 5.91 Å². The van der Waals surface area contributed by atoms with Gasteiger partial charge < -0.3 is 9.32 Å². The summed E-state index contributed by atoms with van der Waals surface area (Å²) < 4.78 is 5.26. The lowest BCUT2D eigenvalue weighted by Gasteiger charge is -2.14. The van der Waals surface area contributed by atoms with Crippen LogP contribution in [0.5, 0.6) is 0 Å². The van der Waals surface area contributed by atoms with Gasteiger partial charge in [0.05, 0.1) is 11.8 Å². The summed E-state index contributed by atoms with van der Waals surface area (Å²) in [7, 11) is 0. The predicted molar refractivity (Wildman–Crippen MR) is 61.3 cm³/mol. The number of aryl methyl sites for hydroxylation is 1. The van der Waals surface area contributed by atoms with Gasteiger partial charge in [-0.05, 0) is 12.5 Å². The van der Waals surface area contributed by atoms with E-state index in [2.05, 4.69) is 15.9 Å². The van der Waals surface area contributed by atoms with Crippen LogP contribution in [0.15, 0.2) is 16.7 Å². The second-order valence-corrected chi connectivity index (χ2v) is 5.04. The molecule has 0 aromatic carbocycles. The van der Waals surface area contributed by atoms with Gasteiger partial charge in [0, 0.05) is 24.3 Å². The number of likely N-dealkylation sites (tertiary alicyclic amines) is 1. The first kappa shape index (κ1) is 10.7. The van der Waals surface area contributed by atoms with Crippen LogP contribution in [0.3, 0.4) is 0 Å². The lowest BCUT2D eigenvalue weighted by molar-refractivity contribution is 0.0791. The van der Waals surface area contributed by atoms with Gasteiger partial charge in [0.1, 0.15) is 5.76 Å². The van der Waals surface area contributed by atoms with Gasteiger partial charge in [-0.25, -0.2) is 0 Å². The van der Waals surface area contributed by atoms with E-state index in [4.69, 9.17) is 4.42 Å². The predicted octanol–water partition coefficient (Wildman–Crippen LogP) is 2.45. The molecular weight excluding hydrogens is 258 g/mol. The van der Waals surface area contributed by atoms with Gasteiger partial charge in [0.2, 0.25) is 0 Å². The van der Waals surface area contributed by atoms with Gasteiger partial charge in [0.15, 0.2) is 0 Å². The molecule has 1 aliphatic rings. The summed E-state index contributed by atoms with van der Waals surface area (Å²) >= 11 is 3.53. The Kier molecular flexibility index (Phi) is 3.14. The maximum atomic E-state index is 12.1. The number of furan rings is 1. The van der Waals surface area contributed by atoms with Crippen molar-refractivity contribution < 1.29 is 9.21 Å². The third kappa shape index (κ3) is 2.09. The van der Waals surface area contributed by atoms with E-state index in [-0.39, 0.29) is 5.91 Å². The molecule has 1 atom stereocenters. The number of nitrogens with zero attached hydrogens (tertiary/aromatic N) is 1. The minimum atomic E-state index is 0.0996. The Morgan fingerprint density at radius 2 is 2.53 bits per heavy atom. The fraction of sp³-hybridized carbons (Fsp3) is 0.545. The highest BCUT2D eigenvalue weighted by atomic mass is 79.9. The number of halogens is 1. The zero-order valence-electron chi connectivity index (χ0n) is 8.70. The van der Waals surface area contributed by atoms with Gasteiger partial charge in [-0.2, -0.15) is 0 Å². The highest BCUT2D eigenvalue weighted by molar-refractivity contribution is 9.09. The summed E-state index contributed by atoms with van der Waals surface area (Å²) in [4.78, 5) is 14.4. The molecule has 15 heavy (non-hydrogen) atoms. The maximum absolute atomic E-state index is 12.1. The van der Waals surface area contributed by atoms with E-state index in [1.54, 1.807) is 12.3 Å². The van der Waals surface area contributed by atoms with Crippen molar-refractivity contribution in [2.24, 2.45) is 0 Å². The van der Waals surface area contributed by atoms with Crippen molar-refractivity contribution in [2.45, 2.75) is 24.6 Å². The second kappa shape index (κ2) is 4.39. The van der Waals surface area contributed by atoms with Crippen LogP contribution in [-0.4, -0.2) is 28.7 Å². The molecule has 1 aliphatic heterocycles. The van der Waals surface area contributed by atoms with Crippen LogP contribution in [-0.2, 0) is 6.42 Å². The van der Waals surface area contributed by atoms with E-state index in [0.717, 1.165) is 37.3 Å². The van der Waals surface area contributed by atoms with Crippen LogP contribution in [0, 0.1) is 0 Å². The molecule has 1 aromatic heterocycles. The van der Waals surface area contributed by atoms with Crippen LogP contribution in [0.2, 0.25) is 0 Å². The largest absolute Gasteiger partial charge is 0.469 e. The average molecular weight is 272 g/mol. The third-order valence-corrected chi connectivity index (χ3v) is 3.46. The number of hydrogen-bond donors (Lipinski definition) is 0. The normalized spacial score (nSPS) is 20.9. The lowest BCUT2D eigenvalue weighted by atomic mass is 10.2. The quantitative estimate of drug-likeness (QED) is 0.775. The molecule has 1 unspecified atom stereocenters. The van der Waals surface area contributed by atoms with Crippen LogP contribution in [0.1, 0.15) is 29.5 Å². The highest BCUT2D eigenvalue weighted by Gasteiger charge is 2.27. The zero-order chi connectivity index (χ0) is 10.8. The first-order valence-corrected chi connectivity index (χ1v) is 6.13. The van der Waals surface area contributed by atoms with E-state index >= 15 is 0 Å². The number of carbonyl (C=O) groups excluding carboxylic acids is 1. The molecule has 0 N–H and O–H groups in total. The standard InChI is InChI=1S/C11H14BrNO2/c1-2-10-9(4-6-15-10)11(14)13-5-3-8(12)7-13/h4,6,8H,2-3,5,7H2,1H3. The van der Waals surface area contributed by atoms with Gasteiger partial charge >= 0.3 is 0 Å². The molecule has 2 heterocycles. The molecule has 0 bridgehead atoms. The molecule has 1 aromatic rings. The van der Waals surface area contributed by atoms with E-state index in [1.807, 2.05) is 11.8 Å². The number of carbonyl (C=O) groups is 1. The monoisotopic (exact) mass is 271 g/mol. The van der Waals surface area contributed by atoms with Crippen molar-refractivity contribution in [2.75, 3.05) is 13.1 Å². The number of amides is 1. The van der Waals surface area contributed by atoms with Gasteiger partial charge in [-0.1, -0.05) is 22.9 Å². The average Bonchev–Trinajstić information content (AvgIpc) is 2.84. The zero-order valence-corrected chi connectivity index (χ0v) is 10.3. The number of alkyl halides is 1. The first-order valence-electron chi connectivity index (χ1n) is 5.22. The Morgan fingerprint density at radius 1 is 1.73 bits per heavy atom. The Labute approximate surface area is 97.6 Å². The Bertz CT molecular complexity index is 361. The van der Waals surface area contributed by atoms with Crippen LogP contribution >= 0.6 is 15.9 Å². The molecule has 1 saturated heterocycles. The van der Waals surface area contributed by atoms with Crippen LogP contribution in [0.25, 0.3) is 0 Å². The third-order valence-electron chi connectivity index (χ3n) is 2.71. The van der Waals surface area contributed by atoms with E-state index < -0.39 is 0 Å². The molecule has 0 spiro atoms. The summed E-state index contributed by atoms with van der Waals surface area (Å²) in [6.45, 7) is 3.63. The number of hydrogen-bond acceptors (Lipinski definition) is 2. The van der Waals surface area contributed by atoms with Crippen molar-refractivity contribution >= 4 is 21.8 Å². The molecule has 0 aliphatic carbocycles. The molecule has 3 nitrogen and oxygen atoms in total. The summed E-state index contributed by atoms with van der Waals surface area (Å²) in [5.41, 5.74) is 0.721. The van der Waals surface area contributed by atoms with Crippen molar-refractivity contribution in [3.63, 3.8) is 0 Å². The molecule has 0 radical (unpaired) electrons. The Hall–Kier alpha value is -0.770. The summed E-state index contributed by atoms with van der Waals surface area (Å²) in [6, 6.07) is 1.77. The smallest absolute Gasteiger partial charge is 0.257 e. The molecule has 4 heteroatoms. The fourth-order valence-corrected chi connectivity index (χ4v) is 2.43. The van der Waals surface area contributed by atoms with Crippen molar-refractivity contribution in [3.05, 3.63) is 23.7 Å². The summed E-state index contributed by atoms with van der Waals surface area (Å²) in [5, 5.41) is 0. The Balaban J connectivity index is 2.14. The first-order chi connectivity index (χ1) is 7.22. The van der Waals surface area contributed by atoms with Crippen LogP contribution < -0.4 is 0 Å². The fourth-order valence-electron chi connectivity index (χ4n) is 1.88. The second-order valence-electron chi connectivity index (χ2n) is 3.75. The van der Waals surface area contributed by atoms with Crippen molar-refractivity contribution in [1.29, 1.82) is 0 Å². The minimum Gasteiger partial charge on any atom is -0.469 e. The van der Waals surface area contributed by atoms with Crippen molar-refractivity contribution in [3.8, 4) is 0 Å². The van der Waals surface area contributed by atoms with Gasteiger partial charge in [-0.15, -0.1) is 0 Å². The van der Waals surface area contributed by atoms with E-state index in [1.165, 1.54) is 0 Å². The Morgan fingerprint density at radius 3 is 3.13 bits per heavy atom.